The van der Waals surface area contributed by atoms with Crippen molar-refractivity contribution >= 4 is 6.09 Å². The fraction of sp³-hybridized carbons (Fsp3) is 0.909. The molecule has 0 aromatic carbocycles. The maximum absolute atomic E-state index is 11.5. The third-order valence-electron chi connectivity index (χ3n) is 2.30. The molecule has 4 heteroatoms. The third-order valence-corrected chi connectivity index (χ3v) is 2.30. The van der Waals surface area contributed by atoms with Gasteiger partial charge in [-0.05, 0) is 41.0 Å². The van der Waals surface area contributed by atoms with Crippen LogP contribution in [0.1, 0.15) is 41.0 Å². The second-order valence-corrected chi connectivity index (χ2v) is 5.81. The maximum Gasteiger partial charge on any atom is 0.407 e. The van der Waals surface area contributed by atoms with E-state index in [2.05, 4.69) is 24.5 Å². The number of rotatable bonds is 1. The summed E-state index contributed by atoms with van der Waals surface area (Å²) >= 11 is 0. The quantitative estimate of drug-likeness (QED) is 0.698. The zero-order valence-corrected chi connectivity index (χ0v) is 10.3. The van der Waals surface area contributed by atoms with Crippen molar-refractivity contribution in [2.75, 3.05) is 6.54 Å². The van der Waals surface area contributed by atoms with Crippen LogP contribution in [0, 0.1) is 0 Å². The molecule has 15 heavy (non-hydrogen) atoms. The van der Waals surface area contributed by atoms with Crippen LogP contribution < -0.4 is 10.6 Å². The van der Waals surface area contributed by atoms with E-state index in [1.807, 2.05) is 20.8 Å². The van der Waals surface area contributed by atoms with Crippen LogP contribution in [-0.2, 0) is 4.74 Å². The van der Waals surface area contributed by atoms with Crippen LogP contribution in [0.2, 0.25) is 0 Å². The summed E-state index contributed by atoms with van der Waals surface area (Å²) < 4.78 is 5.19. The summed E-state index contributed by atoms with van der Waals surface area (Å²) in [5.74, 6) is 0. The topological polar surface area (TPSA) is 50.4 Å². The molecule has 1 amide bonds. The average molecular weight is 214 g/mol. The minimum absolute atomic E-state index is 0.111. The molecule has 1 atom stereocenters. The predicted molar refractivity (Wildman–Crippen MR) is 59.9 cm³/mol. The van der Waals surface area contributed by atoms with Gasteiger partial charge in [0.2, 0.25) is 0 Å². The number of nitrogens with one attached hydrogen (secondary N) is 2. The molecule has 88 valence electrons. The second-order valence-electron chi connectivity index (χ2n) is 5.81. The molecule has 1 aliphatic rings. The first-order valence-corrected chi connectivity index (χ1v) is 5.42. The second kappa shape index (κ2) is 4.00. The lowest BCUT2D eigenvalue weighted by Gasteiger charge is -2.22. The van der Waals surface area contributed by atoms with E-state index in [0.717, 1.165) is 13.0 Å². The normalized spacial score (nSPS) is 25.0. The highest BCUT2D eigenvalue weighted by Gasteiger charge is 2.31. The fourth-order valence-corrected chi connectivity index (χ4v) is 1.74. The van der Waals surface area contributed by atoms with Crippen LogP contribution in [0.4, 0.5) is 4.79 Å². The zero-order chi connectivity index (χ0) is 11.7. The molecule has 4 nitrogen and oxygen atoms in total. The van der Waals surface area contributed by atoms with Gasteiger partial charge in [-0.2, -0.15) is 0 Å². The van der Waals surface area contributed by atoms with Crippen molar-refractivity contribution < 1.29 is 9.53 Å². The first kappa shape index (κ1) is 12.3. The molecule has 1 aliphatic heterocycles. The number of ether oxygens (including phenoxy) is 1. The van der Waals surface area contributed by atoms with Crippen molar-refractivity contribution in [3.05, 3.63) is 0 Å². The molecular weight excluding hydrogens is 192 g/mol. The molecule has 1 heterocycles. The number of hydrogen-bond donors (Lipinski definition) is 2. The van der Waals surface area contributed by atoms with Gasteiger partial charge < -0.3 is 15.4 Å². The van der Waals surface area contributed by atoms with Gasteiger partial charge in [0.25, 0.3) is 0 Å². The molecule has 0 radical (unpaired) electrons. The van der Waals surface area contributed by atoms with Crippen molar-refractivity contribution in [1.29, 1.82) is 0 Å². The van der Waals surface area contributed by atoms with E-state index in [1.54, 1.807) is 0 Å². The maximum atomic E-state index is 11.5. The van der Waals surface area contributed by atoms with Crippen LogP contribution >= 0.6 is 0 Å². The highest BCUT2D eigenvalue weighted by Crippen LogP contribution is 2.18. The Labute approximate surface area is 91.8 Å². The molecule has 0 aromatic heterocycles. The average Bonchev–Trinajstić information content (AvgIpc) is 2.25. The molecular formula is C11H22N2O2. The molecule has 1 unspecified atom stereocenters. The van der Waals surface area contributed by atoms with Crippen LogP contribution in [0.5, 0.6) is 0 Å². The lowest BCUT2D eigenvalue weighted by molar-refractivity contribution is 0.0507. The van der Waals surface area contributed by atoms with Crippen LogP contribution in [0.25, 0.3) is 0 Å². The molecule has 1 fully saturated rings. The monoisotopic (exact) mass is 214 g/mol. The Hall–Kier alpha value is -0.770. The Morgan fingerprint density at radius 1 is 1.47 bits per heavy atom. The van der Waals surface area contributed by atoms with Gasteiger partial charge in [0.1, 0.15) is 5.60 Å². The van der Waals surface area contributed by atoms with E-state index in [1.165, 1.54) is 0 Å². The van der Waals surface area contributed by atoms with Gasteiger partial charge in [-0.1, -0.05) is 0 Å². The Morgan fingerprint density at radius 3 is 2.47 bits per heavy atom. The van der Waals surface area contributed by atoms with Gasteiger partial charge in [-0.15, -0.1) is 0 Å². The Kier molecular flexibility index (Phi) is 3.28. The lowest BCUT2D eigenvalue weighted by Crippen LogP contribution is -2.40. The Morgan fingerprint density at radius 2 is 2.07 bits per heavy atom. The van der Waals surface area contributed by atoms with E-state index in [0.29, 0.717) is 0 Å². The van der Waals surface area contributed by atoms with E-state index >= 15 is 0 Å². The Balaban J connectivity index is 2.34. The summed E-state index contributed by atoms with van der Waals surface area (Å²) in [6.07, 6.45) is 0.610. The van der Waals surface area contributed by atoms with Crippen LogP contribution in [-0.4, -0.2) is 29.8 Å². The van der Waals surface area contributed by atoms with Crippen molar-refractivity contribution in [3.8, 4) is 0 Å². The first-order chi connectivity index (χ1) is 6.68. The predicted octanol–water partition coefficient (Wildman–Crippen LogP) is 1.65. The van der Waals surface area contributed by atoms with Crippen LogP contribution in [0.3, 0.4) is 0 Å². The summed E-state index contributed by atoms with van der Waals surface area (Å²) in [6, 6.07) is 0.176. The SMILES string of the molecule is CC1(C)CC(NC(=O)OC(C)(C)C)CN1. The van der Waals surface area contributed by atoms with E-state index in [-0.39, 0.29) is 17.7 Å². The number of alkyl carbamates (subject to hydrolysis) is 1. The highest BCUT2D eigenvalue weighted by atomic mass is 16.6. The molecule has 0 aromatic rings. The van der Waals surface area contributed by atoms with Crippen molar-refractivity contribution in [2.45, 2.75) is 58.2 Å². The van der Waals surface area contributed by atoms with Crippen molar-refractivity contribution in [3.63, 3.8) is 0 Å². The molecule has 0 saturated carbocycles. The Bertz CT molecular complexity index is 243. The molecule has 0 aliphatic carbocycles. The largest absolute Gasteiger partial charge is 0.444 e. The van der Waals surface area contributed by atoms with E-state index in [9.17, 15) is 4.79 Å². The van der Waals surface area contributed by atoms with Gasteiger partial charge in [0, 0.05) is 18.1 Å². The minimum atomic E-state index is -0.425. The molecule has 1 rings (SSSR count). The third kappa shape index (κ3) is 4.51. The molecule has 0 spiro atoms. The van der Waals surface area contributed by atoms with Gasteiger partial charge in [-0.3, -0.25) is 0 Å². The zero-order valence-electron chi connectivity index (χ0n) is 10.3. The molecule has 0 bridgehead atoms. The lowest BCUT2D eigenvalue weighted by atomic mass is 10.0. The summed E-state index contributed by atoms with van der Waals surface area (Å²) in [6.45, 7) is 10.7. The van der Waals surface area contributed by atoms with Crippen molar-refractivity contribution in [1.82, 2.24) is 10.6 Å². The number of amides is 1. The molecule has 1 saturated heterocycles. The van der Waals surface area contributed by atoms with Gasteiger partial charge in [0.15, 0.2) is 0 Å². The summed E-state index contributed by atoms with van der Waals surface area (Å²) in [5.41, 5.74) is -0.314. The van der Waals surface area contributed by atoms with E-state index < -0.39 is 5.60 Å². The fourth-order valence-electron chi connectivity index (χ4n) is 1.74. The summed E-state index contributed by atoms with van der Waals surface area (Å²) in [5, 5.41) is 6.21. The summed E-state index contributed by atoms with van der Waals surface area (Å²) in [7, 11) is 0. The minimum Gasteiger partial charge on any atom is -0.444 e. The standard InChI is InChI=1S/C11H22N2O2/c1-10(2,3)15-9(14)13-8-6-11(4,5)12-7-8/h8,12H,6-7H2,1-5H3,(H,13,14). The van der Waals surface area contributed by atoms with E-state index in [4.69, 9.17) is 4.74 Å². The van der Waals surface area contributed by atoms with Gasteiger partial charge in [-0.25, -0.2) is 4.79 Å². The smallest absolute Gasteiger partial charge is 0.407 e. The van der Waals surface area contributed by atoms with Crippen molar-refractivity contribution in [2.24, 2.45) is 0 Å². The summed E-state index contributed by atoms with van der Waals surface area (Å²) in [4.78, 5) is 11.5. The van der Waals surface area contributed by atoms with Gasteiger partial charge >= 0.3 is 6.09 Å². The first-order valence-electron chi connectivity index (χ1n) is 5.42. The molecule has 2 N–H and O–H groups in total. The van der Waals surface area contributed by atoms with Crippen LogP contribution in [0.15, 0.2) is 0 Å². The number of carbonyl (C=O) groups is 1. The highest BCUT2D eigenvalue weighted by molar-refractivity contribution is 5.68. The number of carbonyl (C=O) groups excluding carboxylic acids is 1. The van der Waals surface area contributed by atoms with Gasteiger partial charge in [0.05, 0.1) is 0 Å². The number of hydrogen-bond acceptors (Lipinski definition) is 3.